The molecule has 0 saturated carbocycles. The first-order valence-electron chi connectivity index (χ1n) is 16.1. The summed E-state index contributed by atoms with van der Waals surface area (Å²) < 4.78 is 22.2. The van der Waals surface area contributed by atoms with Crippen molar-refractivity contribution in [1.29, 1.82) is 0 Å². The Morgan fingerprint density at radius 1 is 0.960 bits per heavy atom. The minimum Gasteiger partial charge on any atom is -0.497 e. The van der Waals surface area contributed by atoms with Crippen LogP contribution in [0.1, 0.15) is 91.9 Å². The van der Waals surface area contributed by atoms with Crippen LogP contribution in [-0.2, 0) is 36.8 Å². The highest BCUT2D eigenvalue weighted by atomic mass is 32.1. The third-order valence-electron chi connectivity index (χ3n) is 7.72. The first kappa shape index (κ1) is 37.8. The number of carbonyl (C=O) groups excluding carboxylic acids is 4. The average Bonchev–Trinajstić information content (AvgIpc) is 3.03. The smallest absolute Gasteiger partial charge is 0.342 e. The number of nitrogen functional groups attached to an aromatic ring is 1. The molecule has 266 valence electrons. The van der Waals surface area contributed by atoms with Crippen molar-refractivity contribution in [2.24, 2.45) is 5.92 Å². The summed E-state index contributed by atoms with van der Waals surface area (Å²) in [7, 11) is 1.55. The molecule has 1 aliphatic heterocycles. The van der Waals surface area contributed by atoms with E-state index in [9.17, 15) is 19.2 Å². The van der Waals surface area contributed by atoms with Gasteiger partial charge in [0, 0.05) is 6.20 Å². The largest absolute Gasteiger partial charge is 0.497 e. The maximum absolute atomic E-state index is 14.0. The van der Waals surface area contributed by atoms with E-state index in [2.05, 4.69) is 10.3 Å². The number of anilines is 1. The zero-order valence-electron chi connectivity index (χ0n) is 29.6. The molecule has 3 atom stereocenters. The molecule has 3 aromatic rings. The van der Waals surface area contributed by atoms with Gasteiger partial charge in [-0.05, 0) is 95.9 Å². The van der Waals surface area contributed by atoms with Crippen molar-refractivity contribution >= 4 is 47.0 Å². The zero-order valence-corrected chi connectivity index (χ0v) is 30.4. The van der Waals surface area contributed by atoms with Crippen molar-refractivity contribution in [2.45, 2.75) is 84.8 Å². The van der Waals surface area contributed by atoms with Crippen molar-refractivity contribution in [1.82, 2.24) is 15.2 Å². The number of rotatable bonds is 10. The molecule has 4 rings (SSSR count). The van der Waals surface area contributed by atoms with E-state index in [1.807, 2.05) is 37.3 Å². The van der Waals surface area contributed by atoms with Crippen LogP contribution in [0.2, 0.25) is 0 Å². The molecule has 0 aliphatic carbocycles. The van der Waals surface area contributed by atoms with E-state index in [0.29, 0.717) is 11.3 Å². The Bertz CT molecular complexity index is 1750. The molecule has 1 unspecified atom stereocenters. The number of amides is 1. The molecule has 1 aliphatic rings. The number of nitrogens with one attached hydrogen (secondary N) is 1. The standard InChI is InChI=1S/C37H44N4O8S/c1-21(23-12-10-9-11-13-23)40-35(50)41-29(34(45)47-20-22-14-16-24(46-8)17-15-22)26(31(41)42)18-25-27(32(43)48-36(2,3)4)19-39-30(38)28(25)33(44)49-37(5,6)7/h9-17,19,21,26,29H,18,20H2,1-8H3,(H2,38,39)(H,40,50)/t21-,26?,29+/m1/s1. The Hall–Kier alpha value is -5.04. The van der Waals surface area contributed by atoms with Crippen LogP contribution in [0.4, 0.5) is 5.82 Å². The maximum atomic E-state index is 14.0. The van der Waals surface area contributed by atoms with E-state index in [4.69, 9.17) is 36.9 Å². The van der Waals surface area contributed by atoms with Crippen molar-refractivity contribution in [3.8, 4) is 5.75 Å². The predicted molar refractivity (Wildman–Crippen MR) is 190 cm³/mol. The normalized spacial score (nSPS) is 16.5. The molecule has 2 heterocycles. The summed E-state index contributed by atoms with van der Waals surface area (Å²) in [6.45, 7) is 11.9. The van der Waals surface area contributed by atoms with Crippen LogP contribution >= 0.6 is 12.2 Å². The number of ether oxygens (including phenoxy) is 4. The van der Waals surface area contributed by atoms with Crippen LogP contribution in [0.15, 0.2) is 60.8 Å². The monoisotopic (exact) mass is 704 g/mol. The minimum absolute atomic E-state index is 0.0166. The molecular weight excluding hydrogens is 660 g/mol. The van der Waals surface area contributed by atoms with E-state index in [0.717, 1.165) is 5.56 Å². The van der Waals surface area contributed by atoms with Gasteiger partial charge in [-0.3, -0.25) is 9.69 Å². The van der Waals surface area contributed by atoms with Gasteiger partial charge in [0.2, 0.25) is 5.91 Å². The van der Waals surface area contributed by atoms with Gasteiger partial charge in [0.05, 0.1) is 24.6 Å². The first-order valence-corrected chi connectivity index (χ1v) is 16.5. The Morgan fingerprint density at radius 3 is 2.14 bits per heavy atom. The topological polar surface area (TPSA) is 159 Å². The van der Waals surface area contributed by atoms with Crippen LogP contribution in [0.25, 0.3) is 0 Å². The van der Waals surface area contributed by atoms with Gasteiger partial charge in [-0.25, -0.2) is 19.4 Å². The average molecular weight is 705 g/mol. The molecule has 0 bridgehead atoms. The highest BCUT2D eigenvalue weighted by molar-refractivity contribution is 7.80. The van der Waals surface area contributed by atoms with E-state index < -0.39 is 47.0 Å². The Morgan fingerprint density at radius 2 is 1.56 bits per heavy atom. The summed E-state index contributed by atoms with van der Waals surface area (Å²) in [5, 5.41) is 3.16. The van der Waals surface area contributed by atoms with E-state index in [1.54, 1.807) is 72.9 Å². The van der Waals surface area contributed by atoms with Gasteiger partial charge in [-0.1, -0.05) is 42.5 Å². The fourth-order valence-corrected chi connectivity index (χ4v) is 5.73. The van der Waals surface area contributed by atoms with Gasteiger partial charge in [0.1, 0.15) is 41.0 Å². The lowest BCUT2D eigenvalue weighted by molar-refractivity contribution is -0.168. The third kappa shape index (κ3) is 9.14. The number of esters is 3. The van der Waals surface area contributed by atoms with Crippen LogP contribution < -0.4 is 15.8 Å². The van der Waals surface area contributed by atoms with Crippen LogP contribution in [0, 0.1) is 5.92 Å². The highest BCUT2D eigenvalue weighted by Gasteiger charge is 2.55. The number of benzene rings is 2. The number of nitrogens with two attached hydrogens (primary N) is 1. The third-order valence-corrected chi connectivity index (χ3v) is 8.03. The second kappa shape index (κ2) is 15.2. The molecule has 1 saturated heterocycles. The molecule has 1 fully saturated rings. The lowest BCUT2D eigenvalue weighted by Crippen LogP contribution is -2.69. The summed E-state index contributed by atoms with van der Waals surface area (Å²) in [5.74, 6) is -3.57. The molecule has 0 radical (unpaired) electrons. The van der Waals surface area contributed by atoms with Crippen molar-refractivity contribution < 1.29 is 38.1 Å². The quantitative estimate of drug-likeness (QED) is 0.121. The van der Waals surface area contributed by atoms with E-state index >= 15 is 0 Å². The summed E-state index contributed by atoms with van der Waals surface area (Å²) in [5.41, 5.74) is 5.78. The van der Waals surface area contributed by atoms with Crippen LogP contribution in [0.3, 0.4) is 0 Å². The number of hydrogen-bond donors (Lipinski definition) is 2. The van der Waals surface area contributed by atoms with Gasteiger partial charge in [-0.15, -0.1) is 0 Å². The molecule has 13 heteroatoms. The minimum atomic E-state index is -1.21. The summed E-state index contributed by atoms with van der Waals surface area (Å²) >= 11 is 5.67. The number of methoxy groups -OCH3 is 1. The van der Waals surface area contributed by atoms with Crippen LogP contribution in [-0.4, -0.2) is 63.2 Å². The van der Waals surface area contributed by atoms with Gasteiger partial charge >= 0.3 is 17.9 Å². The SMILES string of the molecule is COc1ccc(COC(=O)[C@@H]2C(Cc3c(C(=O)OC(C)(C)C)cnc(N)c3C(=O)OC(C)(C)C)C(=O)N2C(=S)N[C@H](C)c2ccccc2)cc1. The fourth-order valence-electron chi connectivity index (χ4n) is 5.35. The molecule has 50 heavy (non-hydrogen) atoms. The van der Waals surface area contributed by atoms with Gasteiger partial charge < -0.3 is 30.0 Å². The second-order valence-electron chi connectivity index (χ2n) is 13.9. The van der Waals surface area contributed by atoms with E-state index in [1.165, 1.54) is 11.1 Å². The number of aromatic nitrogens is 1. The highest BCUT2D eigenvalue weighted by Crippen LogP contribution is 2.36. The number of hydrogen-bond acceptors (Lipinski definition) is 11. The number of β-lactam (4-membered cyclic amide) rings is 1. The summed E-state index contributed by atoms with van der Waals surface area (Å²) in [4.78, 5) is 60.2. The zero-order chi connectivity index (χ0) is 37.0. The van der Waals surface area contributed by atoms with E-state index in [-0.39, 0.29) is 46.7 Å². The summed E-state index contributed by atoms with van der Waals surface area (Å²) in [6.07, 6.45) is 0.919. The summed E-state index contributed by atoms with van der Waals surface area (Å²) in [6, 6.07) is 14.9. The van der Waals surface area contributed by atoms with Gasteiger partial charge in [0.15, 0.2) is 5.11 Å². The lowest BCUT2D eigenvalue weighted by atomic mass is 9.80. The van der Waals surface area contributed by atoms with Crippen molar-refractivity contribution in [3.05, 3.63) is 88.6 Å². The van der Waals surface area contributed by atoms with Crippen LogP contribution in [0.5, 0.6) is 5.75 Å². The molecular formula is C37H44N4O8S. The number of carbonyl (C=O) groups is 4. The molecule has 1 aromatic heterocycles. The molecule has 0 spiro atoms. The number of likely N-dealkylation sites (tertiary alicyclic amines) is 1. The van der Waals surface area contributed by atoms with Gasteiger partial charge in [-0.2, -0.15) is 0 Å². The predicted octanol–water partition coefficient (Wildman–Crippen LogP) is 5.33. The maximum Gasteiger partial charge on any atom is 0.342 e. The Balaban J connectivity index is 1.73. The molecule has 1 amide bonds. The first-order chi connectivity index (χ1) is 23.4. The number of nitrogens with zero attached hydrogens (tertiary/aromatic N) is 2. The molecule has 2 aromatic carbocycles. The van der Waals surface area contributed by atoms with Gasteiger partial charge in [0.25, 0.3) is 0 Å². The van der Waals surface area contributed by atoms with Crippen molar-refractivity contribution in [2.75, 3.05) is 12.8 Å². The second-order valence-corrected chi connectivity index (χ2v) is 14.3. The number of thiocarbonyl (C=S) groups is 1. The fraction of sp³-hybridized carbons (Fsp3) is 0.405. The Labute approximate surface area is 297 Å². The number of pyridine rings is 1. The molecule has 12 nitrogen and oxygen atoms in total. The lowest BCUT2D eigenvalue weighted by Gasteiger charge is -2.46. The Kier molecular flexibility index (Phi) is 11.5. The van der Waals surface area contributed by atoms with Crippen molar-refractivity contribution in [3.63, 3.8) is 0 Å². The molecule has 3 N–H and O–H groups in total.